The van der Waals surface area contributed by atoms with Crippen LogP contribution in [0.5, 0.6) is 11.5 Å². The fourth-order valence-electron chi connectivity index (χ4n) is 1.71. The molecule has 0 heterocycles. The molecule has 0 bridgehead atoms. The van der Waals surface area contributed by atoms with Crippen molar-refractivity contribution in [1.82, 2.24) is 5.32 Å². The number of benzene rings is 1. The minimum atomic E-state index is 0.550. The van der Waals surface area contributed by atoms with Crippen molar-refractivity contribution in [3.8, 4) is 11.5 Å². The van der Waals surface area contributed by atoms with Gasteiger partial charge in [0.25, 0.3) is 0 Å². The highest BCUT2D eigenvalue weighted by Gasteiger charge is 2.21. The van der Waals surface area contributed by atoms with E-state index in [1.54, 1.807) is 0 Å². The van der Waals surface area contributed by atoms with Gasteiger partial charge in [-0.3, -0.25) is 0 Å². The van der Waals surface area contributed by atoms with Crippen LogP contribution in [-0.4, -0.2) is 24.4 Å². The van der Waals surface area contributed by atoms with E-state index in [1.807, 2.05) is 32.0 Å². The van der Waals surface area contributed by atoms with E-state index >= 15 is 0 Å². The van der Waals surface area contributed by atoms with Crippen molar-refractivity contribution in [1.29, 1.82) is 0 Å². The predicted molar refractivity (Wildman–Crippen MR) is 81.2 cm³/mol. The number of anilines is 1. The second-order valence-electron chi connectivity index (χ2n) is 4.40. The summed E-state index contributed by atoms with van der Waals surface area (Å²) in [5.74, 6) is 1.50. The highest BCUT2D eigenvalue weighted by molar-refractivity contribution is 7.80. The molecule has 1 aliphatic rings. The maximum Gasteiger partial charge on any atom is 0.170 e. The van der Waals surface area contributed by atoms with Crippen molar-refractivity contribution < 1.29 is 9.47 Å². The van der Waals surface area contributed by atoms with Gasteiger partial charge in [-0.05, 0) is 51.0 Å². The molecular formula is C14H20N2O2S. The molecule has 1 saturated carbocycles. The average molecular weight is 280 g/mol. The molecule has 0 aromatic heterocycles. The first-order valence-electron chi connectivity index (χ1n) is 6.70. The van der Waals surface area contributed by atoms with Crippen LogP contribution >= 0.6 is 12.2 Å². The molecule has 104 valence electrons. The summed E-state index contributed by atoms with van der Waals surface area (Å²) in [4.78, 5) is 0. The van der Waals surface area contributed by atoms with Crippen LogP contribution < -0.4 is 20.1 Å². The van der Waals surface area contributed by atoms with Gasteiger partial charge in [0.15, 0.2) is 16.6 Å². The van der Waals surface area contributed by atoms with E-state index in [-0.39, 0.29) is 0 Å². The van der Waals surface area contributed by atoms with Crippen molar-refractivity contribution in [2.45, 2.75) is 32.7 Å². The van der Waals surface area contributed by atoms with Gasteiger partial charge in [0, 0.05) is 17.8 Å². The summed E-state index contributed by atoms with van der Waals surface area (Å²) >= 11 is 5.25. The van der Waals surface area contributed by atoms with Gasteiger partial charge in [-0.15, -0.1) is 0 Å². The fourth-order valence-corrected chi connectivity index (χ4v) is 1.99. The maximum atomic E-state index is 5.58. The SMILES string of the molecule is CCOc1ccc(NC(=S)NC2CC2)cc1OCC. The fraction of sp³-hybridized carbons (Fsp3) is 0.500. The predicted octanol–water partition coefficient (Wildman–Crippen LogP) is 2.93. The monoisotopic (exact) mass is 280 g/mol. The van der Waals surface area contributed by atoms with Gasteiger partial charge in [-0.25, -0.2) is 0 Å². The molecular weight excluding hydrogens is 260 g/mol. The number of hydrogen-bond acceptors (Lipinski definition) is 3. The van der Waals surface area contributed by atoms with Gasteiger partial charge >= 0.3 is 0 Å². The Morgan fingerprint density at radius 1 is 1.21 bits per heavy atom. The summed E-state index contributed by atoms with van der Waals surface area (Å²) < 4.78 is 11.1. The van der Waals surface area contributed by atoms with E-state index in [2.05, 4.69) is 10.6 Å². The Hall–Kier alpha value is -1.49. The highest BCUT2D eigenvalue weighted by Crippen LogP contribution is 2.30. The normalized spacial score (nSPS) is 13.8. The first-order valence-corrected chi connectivity index (χ1v) is 7.11. The van der Waals surface area contributed by atoms with Crippen molar-refractivity contribution >= 4 is 23.0 Å². The van der Waals surface area contributed by atoms with Gasteiger partial charge in [0.05, 0.1) is 13.2 Å². The lowest BCUT2D eigenvalue weighted by Crippen LogP contribution is -2.30. The maximum absolute atomic E-state index is 5.58. The lowest BCUT2D eigenvalue weighted by molar-refractivity contribution is 0.288. The second-order valence-corrected chi connectivity index (χ2v) is 4.81. The second kappa shape index (κ2) is 6.61. The smallest absolute Gasteiger partial charge is 0.170 e. The molecule has 0 saturated heterocycles. The summed E-state index contributed by atoms with van der Waals surface area (Å²) in [6.07, 6.45) is 2.41. The van der Waals surface area contributed by atoms with Gasteiger partial charge in [0.1, 0.15) is 0 Å². The topological polar surface area (TPSA) is 42.5 Å². The highest BCUT2D eigenvalue weighted by atomic mass is 32.1. The Labute approximate surface area is 119 Å². The molecule has 0 unspecified atom stereocenters. The van der Waals surface area contributed by atoms with E-state index in [0.29, 0.717) is 24.4 Å². The van der Waals surface area contributed by atoms with Gasteiger partial charge < -0.3 is 20.1 Å². The van der Waals surface area contributed by atoms with Crippen LogP contribution in [-0.2, 0) is 0 Å². The number of rotatable bonds is 6. The van der Waals surface area contributed by atoms with E-state index in [1.165, 1.54) is 12.8 Å². The molecule has 1 aromatic carbocycles. The lowest BCUT2D eigenvalue weighted by atomic mass is 10.2. The van der Waals surface area contributed by atoms with E-state index in [0.717, 1.165) is 17.2 Å². The van der Waals surface area contributed by atoms with Crippen molar-refractivity contribution in [3.63, 3.8) is 0 Å². The van der Waals surface area contributed by atoms with Crippen LogP contribution in [0.3, 0.4) is 0 Å². The summed E-state index contributed by atoms with van der Waals surface area (Å²) in [5, 5.41) is 7.07. The third-order valence-electron chi connectivity index (χ3n) is 2.71. The van der Waals surface area contributed by atoms with Crippen LogP contribution in [0.15, 0.2) is 18.2 Å². The third-order valence-corrected chi connectivity index (χ3v) is 2.93. The Kier molecular flexibility index (Phi) is 4.85. The Balaban J connectivity index is 2.03. The summed E-state index contributed by atoms with van der Waals surface area (Å²) in [5.41, 5.74) is 0.907. The Morgan fingerprint density at radius 3 is 2.53 bits per heavy atom. The van der Waals surface area contributed by atoms with Gasteiger partial charge in [-0.2, -0.15) is 0 Å². The molecule has 1 aliphatic carbocycles. The quantitative estimate of drug-likeness (QED) is 0.784. The molecule has 2 rings (SSSR count). The molecule has 19 heavy (non-hydrogen) atoms. The average Bonchev–Trinajstić information content (AvgIpc) is 3.17. The number of thiocarbonyl (C=S) groups is 1. The Bertz CT molecular complexity index is 447. The zero-order valence-corrected chi connectivity index (χ0v) is 12.2. The van der Waals surface area contributed by atoms with Crippen LogP contribution in [0.2, 0.25) is 0 Å². The van der Waals surface area contributed by atoms with Crippen molar-refractivity contribution in [2.75, 3.05) is 18.5 Å². The van der Waals surface area contributed by atoms with Crippen molar-refractivity contribution in [2.24, 2.45) is 0 Å². The molecule has 0 aliphatic heterocycles. The number of ether oxygens (including phenoxy) is 2. The van der Waals surface area contributed by atoms with Crippen LogP contribution in [0, 0.1) is 0 Å². The summed E-state index contributed by atoms with van der Waals surface area (Å²) in [6.45, 7) is 5.13. The van der Waals surface area contributed by atoms with E-state index < -0.39 is 0 Å². The van der Waals surface area contributed by atoms with Crippen molar-refractivity contribution in [3.05, 3.63) is 18.2 Å². The molecule has 2 N–H and O–H groups in total. The van der Waals surface area contributed by atoms with E-state index in [9.17, 15) is 0 Å². The molecule has 0 spiro atoms. The first kappa shape index (κ1) is 13.9. The molecule has 5 heteroatoms. The molecule has 0 atom stereocenters. The molecule has 0 radical (unpaired) electrons. The molecule has 1 aromatic rings. The molecule has 4 nitrogen and oxygen atoms in total. The number of hydrogen-bond donors (Lipinski definition) is 2. The Morgan fingerprint density at radius 2 is 1.89 bits per heavy atom. The molecule has 0 amide bonds. The van der Waals surface area contributed by atoms with Gasteiger partial charge in [0.2, 0.25) is 0 Å². The zero-order valence-electron chi connectivity index (χ0n) is 11.4. The molecule has 1 fully saturated rings. The zero-order chi connectivity index (χ0) is 13.7. The minimum Gasteiger partial charge on any atom is -0.490 e. The largest absolute Gasteiger partial charge is 0.490 e. The van der Waals surface area contributed by atoms with E-state index in [4.69, 9.17) is 21.7 Å². The van der Waals surface area contributed by atoms with Crippen LogP contribution in [0.4, 0.5) is 5.69 Å². The third kappa shape index (κ3) is 4.28. The minimum absolute atomic E-state index is 0.550. The first-order chi connectivity index (χ1) is 9.22. The summed E-state index contributed by atoms with van der Waals surface area (Å²) in [6, 6.07) is 6.30. The standard InChI is InChI=1S/C14H20N2O2S/c1-3-17-12-8-7-11(9-13(12)18-4-2)16-14(19)15-10-5-6-10/h7-10H,3-6H2,1-2H3,(H2,15,16,19). The lowest BCUT2D eigenvalue weighted by Gasteiger charge is -2.14. The van der Waals surface area contributed by atoms with Gasteiger partial charge in [-0.1, -0.05) is 0 Å². The number of nitrogens with one attached hydrogen (secondary N) is 2. The summed E-state index contributed by atoms with van der Waals surface area (Å²) in [7, 11) is 0. The van der Waals surface area contributed by atoms with Crippen LogP contribution in [0.25, 0.3) is 0 Å². The van der Waals surface area contributed by atoms with Crippen LogP contribution in [0.1, 0.15) is 26.7 Å².